The second-order valence-electron chi connectivity index (χ2n) is 8.13. The highest BCUT2D eigenvalue weighted by Gasteiger charge is 2.41. The van der Waals surface area contributed by atoms with Gasteiger partial charge in [0.1, 0.15) is 0 Å². The van der Waals surface area contributed by atoms with Crippen molar-refractivity contribution in [1.82, 2.24) is 9.88 Å². The van der Waals surface area contributed by atoms with E-state index in [1.807, 2.05) is 29.2 Å². The second-order valence-corrected chi connectivity index (χ2v) is 8.53. The van der Waals surface area contributed by atoms with E-state index in [9.17, 15) is 9.59 Å². The molecule has 6 nitrogen and oxygen atoms in total. The lowest BCUT2D eigenvalue weighted by Crippen LogP contribution is -2.47. The number of H-pyrrole nitrogens is 1. The van der Waals surface area contributed by atoms with Crippen molar-refractivity contribution in [2.45, 2.75) is 25.8 Å². The first-order valence-corrected chi connectivity index (χ1v) is 10.4. The average molecular weight is 411 g/mol. The molecule has 2 saturated heterocycles. The number of nitrogens with one attached hydrogen (secondary N) is 1. The lowest BCUT2D eigenvalue weighted by atomic mass is 9.92. The molecule has 7 heteroatoms. The molecule has 2 aliphatic rings. The number of rotatable bonds is 2. The number of halogens is 1. The van der Waals surface area contributed by atoms with Gasteiger partial charge in [0.2, 0.25) is 5.91 Å². The zero-order valence-electron chi connectivity index (χ0n) is 16.2. The van der Waals surface area contributed by atoms with Gasteiger partial charge in [-0.25, -0.2) is 0 Å². The third kappa shape index (κ3) is 2.77. The van der Waals surface area contributed by atoms with Crippen LogP contribution in [-0.4, -0.2) is 47.4 Å². The molecular formula is C22H23ClN4O2. The highest BCUT2D eigenvalue weighted by Crippen LogP contribution is 2.44. The normalized spacial score (nSPS) is 21.7. The standard InChI is InChI=1S/C22H23ClN4O2/c1-12(28)27-8-4-5-13-10-26(11-18(13)27)21-16(23)9-15(22(24)29)20-19(21)14-6-2-3-7-17(14)25-20/h2-3,6-7,9,13,18,25H,4-5,8,10-11H2,1H3,(H2,24,29)/t13-,18+/m0/s1. The van der Waals surface area contributed by atoms with E-state index in [0.717, 1.165) is 60.0 Å². The number of nitrogens with two attached hydrogens (primary N) is 1. The first-order valence-electron chi connectivity index (χ1n) is 10.0. The minimum atomic E-state index is -0.507. The summed E-state index contributed by atoms with van der Waals surface area (Å²) in [6.07, 6.45) is 2.14. The topological polar surface area (TPSA) is 82.4 Å². The number of carbonyl (C=O) groups is 2. The Kier molecular flexibility index (Phi) is 4.21. The Morgan fingerprint density at radius 2 is 2.03 bits per heavy atom. The van der Waals surface area contributed by atoms with Crippen molar-refractivity contribution < 1.29 is 9.59 Å². The quantitative estimate of drug-likeness (QED) is 0.678. The number of amides is 2. The van der Waals surface area contributed by atoms with Crippen molar-refractivity contribution in [3.63, 3.8) is 0 Å². The summed E-state index contributed by atoms with van der Waals surface area (Å²) in [5.41, 5.74) is 8.62. The van der Waals surface area contributed by atoms with E-state index < -0.39 is 5.91 Å². The molecule has 29 heavy (non-hydrogen) atoms. The predicted molar refractivity (Wildman–Crippen MR) is 115 cm³/mol. The number of hydrogen-bond donors (Lipinski definition) is 2. The maximum Gasteiger partial charge on any atom is 0.250 e. The van der Waals surface area contributed by atoms with E-state index >= 15 is 0 Å². The number of carbonyl (C=O) groups excluding carboxylic acids is 2. The first-order chi connectivity index (χ1) is 14.0. The number of fused-ring (bicyclic) bond motifs is 4. The van der Waals surface area contributed by atoms with E-state index in [1.54, 1.807) is 13.0 Å². The summed E-state index contributed by atoms with van der Waals surface area (Å²) in [5.74, 6) is 0.0570. The number of likely N-dealkylation sites (tertiary alicyclic amines) is 1. The maximum atomic E-state index is 12.1. The van der Waals surface area contributed by atoms with E-state index in [2.05, 4.69) is 9.88 Å². The summed E-state index contributed by atoms with van der Waals surface area (Å²) in [5, 5.41) is 2.46. The van der Waals surface area contributed by atoms with Crippen LogP contribution in [0.4, 0.5) is 5.69 Å². The van der Waals surface area contributed by atoms with Crippen molar-refractivity contribution in [2.75, 3.05) is 24.5 Å². The molecule has 2 aromatic carbocycles. The minimum absolute atomic E-state index is 0.133. The fourth-order valence-corrected chi connectivity index (χ4v) is 5.56. The number of para-hydroxylation sites is 1. The number of primary amides is 1. The van der Waals surface area contributed by atoms with Crippen molar-refractivity contribution in [1.29, 1.82) is 0 Å². The van der Waals surface area contributed by atoms with E-state index in [0.29, 0.717) is 16.5 Å². The van der Waals surface area contributed by atoms with Gasteiger partial charge in [0, 0.05) is 42.8 Å². The number of benzene rings is 2. The van der Waals surface area contributed by atoms with Gasteiger partial charge < -0.3 is 20.5 Å². The van der Waals surface area contributed by atoms with E-state index in [-0.39, 0.29) is 11.9 Å². The molecular weight excluding hydrogens is 388 g/mol. The van der Waals surface area contributed by atoms with Crippen molar-refractivity contribution >= 4 is 50.9 Å². The Balaban J connectivity index is 1.70. The Morgan fingerprint density at radius 1 is 1.24 bits per heavy atom. The summed E-state index contributed by atoms with van der Waals surface area (Å²) in [4.78, 5) is 31.9. The van der Waals surface area contributed by atoms with Gasteiger partial charge in [0.05, 0.1) is 27.8 Å². The number of aromatic nitrogens is 1. The minimum Gasteiger partial charge on any atom is -0.367 e. The lowest BCUT2D eigenvalue weighted by molar-refractivity contribution is -0.132. The molecule has 0 bridgehead atoms. The smallest absolute Gasteiger partial charge is 0.250 e. The summed E-state index contributed by atoms with van der Waals surface area (Å²) in [6, 6.07) is 9.82. The molecule has 3 heterocycles. The summed E-state index contributed by atoms with van der Waals surface area (Å²) in [7, 11) is 0. The van der Waals surface area contributed by atoms with Crippen LogP contribution in [0, 0.1) is 5.92 Å². The molecule has 0 unspecified atom stereocenters. The van der Waals surface area contributed by atoms with Crippen LogP contribution in [0.25, 0.3) is 21.8 Å². The molecule has 3 N–H and O–H groups in total. The lowest BCUT2D eigenvalue weighted by Gasteiger charge is -2.36. The monoisotopic (exact) mass is 410 g/mol. The number of anilines is 1. The molecule has 0 spiro atoms. The predicted octanol–water partition coefficient (Wildman–Crippen LogP) is 3.52. The zero-order valence-corrected chi connectivity index (χ0v) is 17.0. The largest absolute Gasteiger partial charge is 0.367 e. The molecule has 2 atom stereocenters. The maximum absolute atomic E-state index is 12.1. The second kappa shape index (κ2) is 6.66. The van der Waals surface area contributed by atoms with Crippen LogP contribution in [0.1, 0.15) is 30.1 Å². The molecule has 0 aliphatic carbocycles. The van der Waals surface area contributed by atoms with Gasteiger partial charge >= 0.3 is 0 Å². The molecule has 1 aromatic heterocycles. The average Bonchev–Trinajstić information content (AvgIpc) is 3.28. The zero-order chi connectivity index (χ0) is 20.3. The Morgan fingerprint density at radius 3 is 2.79 bits per heavy atom. The van der Waals surface area contributed by atoms with Crippen LogP contribution in [0.15, 0.2) is 30.3 Å². The third-order valence-electron chi connectivity index (χ3n) is 6.48. The Hall–Kier alpha value is -2.73. The van der Waals surface area contributed by atoms with Crippen molar-refractivity contribution in [2.24, 2.45) is 11.7 Å². The van der Waals surface area contributed by atoms with Gasteiger partial charge in [0.25, 0.3) is 5.91 Å². The summed E-state index contributed by atoms with van der Waals surface area (Å²) >= 11 is 6.74. The van der Waals surface area contributed by atoms with Crippen molar-refractivity contribution in [3.05, 3.63) is 40.9 Å². The molecule has 0 saturated carbocycles. The number of piperidine rings is 1. The van der Waals surface area contributed by atoms with E-state index in [1.165, 1.54) is 0 Å². The van der Waals surface area contributed by atoms with Crippen LogP contribution in [0.2, 0.25) is 5.02 Å². The van der Waals surface area contributed by atoms with Gasteiger partial charge in [-0.05, 0) is 30.9 Å². The van der Waals surface area contributed by atoms with Crippen LogP contribution in [0.3, 0.4) is 0 Å². The van der Waals surface area contributed by atoms with Gasteiger partial charge in [-0.3, -0.25) is 9.59 Å². The summed E-state index contributed by atoms with van der Waals surface area (Å²) in [6.45, 7) is 4.06. The van der Waals surface area contributed by atoms with Crippen LogP contribution >= 0.6 is 11.6 Å². The van der Waals surface area contributed by atoms with Crippen LogP contribution in [-0.2, 0) is 4.79 Å². The highest BCUT2D eigenvalue weighted by molar-refractivity contribution is 6.37. The molecule has 3 aromatic rings. The number of nitrogens with zero attached hydrogens (tertiary/aromatic N) is 2. The van der Waals surface area contributed by atoms with Crippen molar-refractivity contribution in [3.8, 4) is 0 Å². The molecule has 2 aliphatic heterocycles. The van der Waals surface area contributed by atoms with Gasteiger partial charge in [-0.15, -0.1) is 0 Å². The molecule has 150 valence electrons. The van der Waals surface area contributed by atoms with Crippen LogP contribution < -0.4 is 10.6 Å². The van der Waals surface area contributed by atoms with E-state index in [4.69, 9.17) is 17.3 Å². The third-order valence-corrected chi connectivity index (χ3v) is 6.76. The fraction of sp³-hybridized carbons (Fsp3) is 0.364. The number of aromatic amines is 1. The van der Waals surface area contributed by atoms with Gasteiger partial charge in [0.15, 0.2) is 0 Å². The highest BCUT2D eigenvalue weighted by atomic mass is 35.5. The van der Waals surface area contributed by atoms with Gasteiger partial charge in [-0.2, -0.15) is 0 Å². The molecule has 2 fully saturated rings. The molecule has 2 amide bonds. The van der Waals surface area contributed by atoms with Crippen LogP contribution in [0.5, 0.6) is 0 Å². The number of hydrogen-bond acceptors (Lipinski definition) is 3. The van der Waals surface area contributed by atoms with Gasteiger partial charge in [-0.1, -0.05) is 29.8 Å². The molecule has 0 radical (unpaired) electrons. The molecule has 5 rings (SSSR count). The Bertz CT molecular complexity index is 1150. The SMILES string of the molecule is CC(=O)N1CCC[C@H]2CN(c3c(Cl)cc(C(N)=O)c4[nH]c5ccccc5c34)C[C@H]21. The Labute approximate surface area is 173 Å². The first kappa shape index (κ1) is 18.3. The summed E-state index contributed by atoms with van der Waals surface area (Å²) < 4.78 is 0. The fourth-order valence-electron chi connectivity index (χ4n) is 5.23.